The lowest BCUT2D eigenvalue weighted by molar-refractivity contribution is -0.143. The Kier molecular flexibility index (Phi) is 4.41. The Hall–Kier alpha value is -1.06. The Morgan fingerprint density at radius 2 is 2.06 bits per heavy atom. The quantitative estimate of drug-likeness (QED) is 0.726. The largest absolute Gasteiger partial charge is 0.478 e. The topological polar surface area (TPSA) is 47.9 Å². The van der Waals surface area contributed by atoms with Gasteiger partial charge in [0.2, 0.25) is 0 Å². The fourth-order valence-electron chi connectivity index (χ4n) is 1.72. The maximum atomic E-state index is 10.9. The molecule has 2 atom stereocenters. The zero-order valence-electron chi connectivity index (χ0n) is 12.4. The third kappa shape index (κ3) is 3.47. The lowest BCUT2D eigenvalue weighted by Gasteiger charge is -2.26. The predicted molar refractivity (Wildman–Crippen MR) is 71.7 cm³/mol. The number of aliphatic imine (C=N–C) groups is 1. The maximum absolute atomic E-state index is 10.9. The third-order valence-electron chi connectivity index (χ3n) is 3.54. The highest BCUT2D eigenvalue weighted by atomic mass is 16.5. The van der Waals surface area contributed by atoms with Crippen molar-refractivity contribution in [3.05, 3.63) is 0 Å². The molecule has 4 nitrogen and oxygen atoms in total. The number of carbonyl (C=O) groups is 1. The summed E-state index contributed by atoms with van der Waals surface area (Å²) in [5.41, 5.74) is -0.219. The number of rotatable bonds is 4. The normalized spacial score (nSPS) is 23.0. The number of esters is 1. The van der Waals surface area contributed by atoms with Crippen LogP contribution in [0.3, 0.4) is 0 Å². The molecule has 104 valence electrons. The number of carbonyl (C=O) groups excluding carboxylic acids is 1. The highest BCUT2D eigenvalue weighted by Crippen LogP contribution is 2.33. The van der Waals surface area contributed by atoms with Crippen LogP contribution in [0.15, 0.2) is 4.99 Å². The van der Waals surface area contributed by atoms with E-state index in [4.69, 9.17) is 9.47 Å². The molecule has 0 saturated carbocycles. The number of nitrogens with zero attached hydrogens (tertiary/aromatic N) is 1. The molecule has 0 spiro atoms. The summed E-state index contributed by atoms with van der Waals surface area (Å²) in [5.74, 6) is 0.465. The second kappa shape index (κ2) is 5.29. The first kappa shape index (κ1) is 15.0. The summed E-state index contributed by atoms with van der Waals surface area (Å²) in [6.07, 6.45) is 0.829. The van der Waals surface area contributed by atoms with E-state index in [1.165, 1.54) is 6.92 Å². The molecule has 0 saturated heterocycles. The molecule has 4 heteroatoms. The summed E-state index contributed by atoms with van der Waals surface area (Å²) >= 11 is 0. The Bertz CT molecular complexity index is 343. The lowest BCUT2D eigenvalue weighted by Crippen LogP contribution is -2.33. The number of ether oxygens (including phenoxy) is 2. The minimum absolute atomic E-state index is 0.0951. The molecule has 1 heterocycles. The Morgan fingerprint density at radius 1 is 1.44 bits per heavy atom. The van der Waals surface area contributed by atoms with Gasteiger partial charge in [-0.2, -0.15) is 0 Å². The van der Waals surface area contributed by atoms with Crippen LogP contribution in [-0.4, -0.2) is 31.1 Å². The molecule has 0 aliphatic carbocycles. The Morgan fingerprint density at radius 3 is 2.44 bits per heavy atom. The summed E-state index contributed by atoms with van der Waals surface area (Å²) in [5, 5.41) is 0. The minimum Gasteiger partial charge on any atom is -0.478 e. The zero-order chi connectivity index (χ0) is 14.0. The molecule has 1 rings (SSSR count). The Balaban J connectivity index is 2.80. The van der Waals surface area contributed by atoms with Crippen LogP contribution in [0.2, 0.25) is 0 Å². The van der Waals surface area contributed by atoms with Gasteiger partial charge in [-0.1, -0.05) is 27.7 Å². The van der Waals surface area contributed by atoms with Gasteiger partial charge in [0, 0.05) is 6.92 Å². The molecular formula is C14H25NO3. The second-order valence-electron chi connectivity index (χ2n) is 6.32. The first-order chi connectivity index (χ1) is 8.19. The maximum Gasteiger partial charge on any atom is 0.302 e. The van der Waals surface area contributed by atoms with E-state index < -0.39 is 0 Å². The molecule has 0 fully saturated rings. The lowest BCUT2D eigenvalue weighted by atomic mass is 9.87. The SMILES string of the molecule is CCC(C)(COC(C)=O)C1=N[C@@H](C(C)(C)C)CO1. The van der Waals surface area contributed by atoms with Crippen LogP contribution in [0.1, 0.15) is 48.0 Å². The van der Waals surface area contributed by atoms with Crippen LogP contribution in [0.5, 0.6) is 0 Å². The van der Waals surface area contributed by atoms with Gasteiger partial charge in [0.05, 0.1) is 11.5 Å². The standard InChI is InChI=1S/C14H25NO3/c1-7-14(6,9-18-10(2)16)12-15-11(8-17-12)13(3,4)5/h11H,7-9H2,1-6H3/t11-,14?/m1/s1. The fourth-order valence-corrected chi connectivity index (χ4v) is 1.72. The van der Waals surface area contributed by atoms with Crippen molar-refractivity contribution < 1.29 is 14.3 Å². The molecule has 1 aliphatic heterocycles. The van der Waals surface area contributed by atoms with E-state index in [0.717, 1.165) is 12.3 Å². The van der Waals surface area contributed by atoms with Gasteiger partial charge in [0.15, 0.2) is 5.90 Å². The monoisotopic (exact) mass is 255 g/mol. The van der Waals surface area contributed by atoms with Gasteiger partial charge < -0.3 is 9.47 Å². The van der Waals surface area contributed by atoms with E-state index in [2.05, 4.69) is 32.7 Å². The summed E-state index contributed by atoms with van der Waals surface area (Å²) < 4.78 is 10.9. The van der Waals surface area contributed by atoms with Crippen molar-refractivity contribution in [1.29, 1.82) is 0 Å². The van der Waals surface area contributed by atoms with Crippen LogP contribution in [-0.2, 0) is 14.3 Å². The van der Waals surface area contributed by atoms with E-state index in [9.17, 15) is 4.79 Å². The summed E-state index contributed by atoms with van der Waals surface area (Å²) in [4.78, 5) is 15.6. The highest BCUT2D eigenvalue weighted by Gasteiger charge is 2.39. The van der Waals surface area contributed by atoms with Gasteiger partial charge in [-0.25, -0.2) is 4.99 Å². The fraction of sp³-hybridized carbons (Fsp3) is 0.857. The van der Waals surface area contributed by atoms with E-state index in [0.29, 0.717) is 13.2 Å². The molecule has 1 unspecified atom stereocenters. The van der Waals surface area contributed by atoms with Gasteiger partial charge in [0.1, 0.15) is 13.2 Å². The molecule has 18 heavy (non-hydrogen) atoms. The van der Waals surface area contributed by atoms with Crippen LogP contribution >= 0.6 is 0 Å². The molecule has 0 radical (unpaired) electrons. The summed E-state index contributed by atoms with van der Waals surface area (Å²) in [6.45, 7) is 12.9. The molecule has 0 bridgehead atoms. The molecule has 0 aromatic rings. The first-order valence-corrected chi connectivity index (χ1v) is 6.53. The van der Waals surface area contributed by atoms with Crippen molar-refractivity contribution in [3.63, 3.8) is 0 Å². The van der Waals surface area contributed by atoms with E-state index >= 15 is 0 Å². The molecule has 0 aromatic heterocycles. The van der Waals surface area contributed by atoms with Crippen molar-refractivity contribution in [2.45, 2.75) is 54.0 Å². The van der Waals surface area contributed by atoms with E-state index in [1.54, 1.807) is 0 Å². The third-order valence-corrected chi connectivity index (χ3v) is 3.54. The number of hydrogen-bond acceptors (Lipinski definition) is 4. The van der Waals surface area contributed by atoms with Crippen molar-refractivity contribution >= 4 is 11.9 Å². The molecule has 0 amide bonds. The van der Waals surface area contributed by atoms with Crippen molar-refractivity contribution in [2.24, 2.45) is 15.8 Å². The number of hydrogen-bond donors (Lipinski definition) is 0. The zero-order valence-corrected chi connectivity index (χ0v) is 12.4. The summed E-state index contributed by atoms with van der Waals surface area (Å²) in [7, 11) is 0. The smallest absolute Gasteiger partial charge is 0.302 e. The van der Waals surface area contributed by atoms with Gasteiger partial charge >= 0.3 is 5.97 Å². The van der Waals surface area contributed by atoms with Gasteiger partial charge in [-0.3, -0.25) is 4.79 Å². The van der Waals surface area contributed by atoms with Crippen LogP contribution in [0.25, 0.3) is 0 Å². The summed E-state index contributed by atoms with van der Waals surface area (Å²) in [6, 6.07) is 0.177. The van der Waals surface area contributed by atoms with Crippen molar-refractivity contribution in [1.82, 2.24) is 0 Å². The van der Waals surface area contributed by atoms with Crippen LogP contribution in [0, 0.1) is 10.8 Å². The van der Waals surface area contributed by atoms with Crippen LogP contribution in [0.4, 0.5) is 0 Å². The van der Waals surface area contributed by atoms with Gasteiger partial charge in [0.25, 0.3) is 0 Å². The first-order valence-electron chi connectivity index (χ1n) is 6.53. The minimum atomic E-state index is -0.314. The predicted octanol–water partition coefficient (Wildman–Crippen LogP) is 2.81. The molecular weight excluding hydrogens is 230 g/mol. The highest BCUT2D eigenvalue weighted by molar-refractivity contribution is 5.84. The second-order valence-corrected chi connectivity index (χ2v) is 6.32. The van der Waals surface area contributed by atoms with Crippen molar-refractivity contribution in [2.75, 3.05) is 13.2 Å². The van der Waals surface area contributed by atoms with Crippen LogP contribution < -0.4 is 0 Å². The average molecular weight is 255 g/mol. The molecule has 1 aliphatic rings. The molecule has 0 aromatic carbocycles. The van der Waals surface area contributed by atoms with Gasteiger partial charge in [-0.15, -0.1) is 0 Å². The van der Waals surface area contributed by atoms with Crippen molar-refractivity contribution in [3.8, 4) is 0 Å². The average Bonchev–Trinajstić information content (AvgIpc) is 2.75. The Labute approximate surface area is 110 Å². The van der Waals surface area contributed by atoms with E-state index in [1.807, 2.05) is 6.92 Å². The molecule has 0 N–H and O–H groups in total. The van der Waals surface area contributed by atoms with E-state index in [-0.39, 0.29) is 22.8 Å². The van der Waals surface area contributed by atoms with Gasteiger partial charge in [-0.05, 0) is 18.8 Å².